The maximum absolute atomic E-state index is 10.9. The predicted octanol–water partition coefficient (Wildman–Crippen LogP) is 5.92. The molecule has 1 heterocycles. The second-order valence-corrected chi connectivity index (χ2v) is 8.45. The van der Waals surface area contributed by atoms with E-state index in [1.54, 1.807) is 0 Å². The summed E-state index contributed by atoms with van der Waals surface area (Å²) < 4.78 is 2.11. The molecule has 3 heteroatoms. The van der Waals surface area contributed by atoms with Crippen LogP contribution in [0.5, 0.6) is 0 Å². The van der Waals surface area contributed by atoms with Crippen molar-refractivity contribution in [3.8, 4) is 11.3 Å². The highest BCUT2D eigenvalue weighted by Gasteiger charge is 2.34. The number of hydrogen-bond donors (Lipinski definition) is 1. The largest absolute Gasteiger partial charge is 0.386 e. The minimum atomic E-state index is -0.557. The van der Waals surface area contributed by atoms with Gasteiger partial charge in [-0.05, 0) is 30.2 Å². The van der Waals surface area contributed by atoms with Crippen molar-refractivity contribution in [2.75, 3.05) is 0 Å². The van der Waals surface area contributed by atoms with Gasteiger partial charge in [-0.1, -0.05) is 81.4 Å². The molecule has 0 radical (unpaired) electrons. The van der Waals surface area contributed by atoms with Crippen molar-refractivity contribution < 1.29 is 5.11 Å². The van der Waals surface area contributed by atoms with E-state index in [-0.39, 0.29) is 0 Å². The second kappa shape index (κ2) is 7.92. The third kappa shape index (κ3) is 3.51. The Morgan fingerprint density at radius 3 is 2.29 bits per heavy atom. The van der Waals surface area contributed by atoms with Crippen LogP contribution in [0.1, 0.15) is 68.4 Å². The Bertz CT molecular complexity index is 914. The lowest BCUT2D eigenvalue weighted by atomic mass is 9.75. The highest BCUT2D eigenvalue weighted by Crippen LogP contribution is 2.46. The molecular formula is C25H30N2O. The monoisotopic (exact) mass is 374 g/mol. The zero-order valence-electron chi connectivity index (χ0n) is 17.0. The van der Waals surface area contributed by atoms with E-state index in [0.29, 0.717) is 24.3 Å². The van der Waals surface area contributed by atoms with Crippen molar-refractivity contribution in [3.63, 3.8) is 0 Å². The summed E-state index contributed by atoms with van der Waals surface area (Å²) in [6.07, 6.45) is 1.83. The lowest BCUT2D eigenvalue weighted by Gasteiger charge is -2.31. The highest BCUT2D eigenvalue weighted by atomic mass is 16.3. The molecule has 0 unspecified atom stereocenters. The number of aromatic nitrogens is 2. The van der Waals surface area contributed by atoms with E-state index < -0.39 is 6.10 Å². The summed E-state index contributed by atoms with van der Waals surface area (Å²) in [5, 5.41) is 16.0. The molecule has 1 aromatic heterocycles. The number of fused-ring (bicyclic) bond motifs is 1. The molecule has 28 heavy (non-hydrogen) atoms. The molecule has 0 spiro atoms. The van der Waals surface area contributed by atoms with E-state index in [9.17, 15) is 5.11 Å². The van der Waals surface area contributed by atoms with Crippen molar-refractivity contribution in [3.05, 3.63) is 77.5 Å². The van der Waals surface area contributed by atoms with E-state index >= 15 is 0 Å². The fraction of sp³-hybridized carbons (Fsp3) is 0.400. The zero-order chi connectivity index (χ0) is 19.7. The van der Waals surface area contributed by atoms with Gasteiger partial charge in [0.15, 0.2) is 0 Å². The summed E-state index contributed by atoms with van der Waals surface area (Å²) in [6, 6.07) is 20.4. The summed E-state index contributed by atoms with van der Waals surface area (Å²) in [7, 11) is 0. The maximum atomic E-state index is 10.9. The van der Waals surface area contributed by atoms with Crippen molar-refractivity contribution >= 4 is 0 Å². The number of aliphatic hydroxyl groups excluding tert-OH is 1. The van der Waals surface area contributed by atoms with Crippen LogP contribution in [0, 0.1) is 5.92 Å². The third-order valence-corrected chi connectivity index (χ3v) is 6.17. The molecule has 3 aromatic rings. The standard InChI is InChI=1S/C25H30N2O/c1-17(2)21-15-14-18(3)23-24(20-12-8-5-9-13-20)26-27(25(21)23)16-22(28)19-10-6-4-7-11-19/h4-13,17-18,21-22,28H,14-16H2,1-3H3/t18-,21+,22-/m1/s1. The Labute approximate surface area is 168 Å². The van der Waals surface area contributed by atoms with E-state index in [0.717, 1.165) is 11.3 Å². The first-order valence-corrected chi connectivity index (χ1v) is 10.4. The molecule has 0 fully saturated rings. The molecule has 1 aliphatic carbocycles. The van der Waals surface area contributed by atoms with Gasteiger partial charge in [-0.25, -0.2) is 0 Å². The van der Waals surface area contributed by atoms with Crippen LogP contribution >= 0.6 is 0 Å². The quantitative estimate of drug-likeness (QED) is 0.602. The Morgan fingerprint density at radius 2 is 1.64 bits per heavy atom. The van der Waals surface area contributed by atoms with Gasteiger partial charge in [0, 0.05) is 22.7 Å². The molecule has 3 nitrogen and oxygen atoms in total. The van der Waals surface area contributed by atoms with Gasteiger partial charge in [0.1, 0.15) is 0 Å². The molecule has 3 atom stereocenters. The summed E-state index contributed by atoms with van der Waals surface area (Å²) >= 11 is 0. The Morgan fingerprint density at radius 1 is 1.00 bits per heavy atom. The molecule has 1 aliphatic rings. The maximum Gasteiger partial charge on any atom is 0.0986 e. The van der Waals surface area contributed by atoms with Gasteiger partial charge in [-0.3, -0.25) is 4.68 Å². The highest BCUT2D eigenvalue weighted by molar-refractivity contribution is 5.65. The Kier molecular flexibility index (Phi) is 5.36. The smallest absolute Gasteiger partial charge is 0.0986 e. The van der Waals surface area contributed by atoms with Gasteiger partial charge < -0.3 is 5.11 Å². The first kappa shape index (κ1) is 18.9. The second-order valence-electron chi connectivity index (χ2n) is 8.45. The number of hydrogen-bond acceptors (Lipinski definition) is 2. The fourth-order valence-corrected chi connectivity index (χ4v) is 4.62. The molecule has 1 N–H and O–H groups in total. The Balaban J connectivity index is 1.81. The van der Waals surface area contributed by atoms with Crippen LogP contribution in [0.4, 0.5) is 0 Å². The zero-order valence-corrected chi connectivity index (χ0v) is 17.0. The van der Waals surface area contributed by atoms with E-state index in [2.05, 4.69) is 49.7 Å². The van der Waals surface area contributed by atoms with Crippen molar-refractivity contribution in [2.24, 2.45) is 5.92 Å². The molecule has 0 bridgehead atoms. The summed E-state index contributed by atoms with van der Waals surface area (Å²) in [5.74, 6) is 1.53. The molecule has 2 aromatic carbocycles. The van der Waals surface area contributed by atoms with Crippen molar-refractivity contribution in [1.82, 2.24) is 9.78 Å². The van der Waals surface area contributed by atoms with Crippen molar-refractivity contribution in [1.29, 1.82) is 0 Å². The molecule has 146 valence electrons. The van der Waals surface area contributed by atoms with Crippen LogP contribution < -0.4 is 0 Å². The average Bonchev–Trinajstić information content (AvgIpc) is 3.09. The summed E-state index contributed by atoms with van der Waals surface area (Å²) in [5.41, 5.74) is 5.92. The summed E-state index contributed by atoms with van der Waals surface area (Å²) in [6.45, 7) is 7.42. The number of rotatable bonds is 5. The van der Waals surface area contributed by atoms with Gasteiger partial charge in [0.2, 0.25) is 0 Å². The topological polar surface area (TPSA) is 38.0 Å². The average molecular weight is 375 g/mol. The van der Waals surface area contributed by atoms with Gasteiger partial charge in [-0.15, -0.1) is 0 Å². The molecule has 0 aliphatic heterocycles. The van der Waals surface area contributed by atoms with Crippen LogP contribution in [-0.2, 0) is 6.54 Å². The fourth-order valence-electron chi connectivity index (χ4n) is 4.62. The lowest BCUT2D eigenvalue weighted by Crippen LogP contribution is -2.22. The van der Waals surface area contributed by atoms with Crippen LogP contribution in [0.2, 0.25) is 0 Å². The first-order chi connectivity index (χ1) is 13.6. The molecule has 4 rings (SSSR count). The first-order valence-electron chi connectivity index (χ1n) is 10.4. The number of benzene rings is 2. The van der Waals surface area contributed by atoms with Crippen LogP contribution in [0.3, 0.4) is 0 Å². The van der Waals surface area contributed by atoms with Crippen LogP contribution in [0.25, 0.3) is 11.3 Å². The normalized spacial score (nSPS) is 20.2. The molecular weight excluding hydrogens is 344 g/mol. The molecule has 0 saturated heterocycles. The third-order valence-electron chi connectivity index (χ3n) is 6.17. The van der Waals surface area contributed by atoms with Gasteiger partial charge in [0.25, 0.3) is 0 Å². The minimum absolute atomic E-state index is 0.485. The van der Waals surface area contributed by atoms with E-state index in [4.69, 9.17) is 5.10 Å². The van der Waals surface area contributed by atoms with Gasteiger partial charge >= 0.3 is 0 Å². The van der Waals surface area contributed by atoms with E-state index in [1.807, 2.05) is 36.4 Å². The van der Waals surface area contributed by atoms with Gasteiger partial charge in [-0.2, -0.15) is 5.10 Å². The van der Waals surface area contributed by atoms with Gasteiger partial charge in [0.05, 0.1) is 18.3 Å². The number of aliphatic hydroxyl groups is 1. The molecule has 0 amide bonds. The van der Waals surface area contributed by atoms with Crippen molar-refractivity contribution in [2.45, 2.75) is 58.1 Å². The molecule has 0 saturated carbocycles. The SMILES string of the molecule is CC(C)[C@@H]1CC[C@@H](C)c2c(-c3ccccc3)nn(C[C@@H](O)c3ccccc3)c21. The minimum Gasteiger partial charge on any atom is -0.386 e. The number of nitrogens with zero attached hydrogens (tertiary/aromatic N) is 2. The lowest BCUT2D eigenvalue weighted by molar-refractivity contribution is 0.148. The predicted molar refractivity (Wildman–Crippen MR) is 114 cm³/mol. The van der Waals surface area contributed by atoms with Crippen LogP contribution in [0.15, 0.2) is 60.7 Å². The summed E-state index contributed by atoms with van der Waals surface area (Å²) in [4.78, 5) is 0. The Hall–Kier alpha value is -2.39. The van der Waals surface area contributed by atoms with E-state index in [1.165, 1.54) is 29.7 Å². The van der Waals surface area contributed by atoms with Crippen LogP contribution in [-0.4, -0.2) is 14.9 Å².